The van der Waals surface area contributed by atoms with Gasteiger partial charge in [0.05, 0.1) is 36.0 Å². The van der Waals surface area contributed by atoms with Crippen molar-refractivity contribution in [2.75, 3.05) is 24.5 Å². The van der Waals surface area contributed by atoms with E-state index in [1.807, 2.05) is 17.3 Å². The molecule has 7 heteroatoms. The second kappa shape index (κ2) is 6.56. The zero-order chi connectivity index (χ0) is 18.4. The fourth-order valence-electron chi connectivity index (χ4n) is 4.50. The van der Waals surface area contributed by atoms with Gasteiger partial charge in [-0.1, -0.05) is 0 Å². The Hall–Kier alpha value is -2.54. The molecular formula is C20H24N6O. The van der Waals surface area contributed by atoms with E-state index in [0.29, 0.717) is 18.9 Å². The number of fused-ring (bicyclic) bond motifs is 2. The van der Waals surface area contributed by atoms with Crippen LogP contribution in [-0.4, -0.2) is 45.4 Å². The highest BCUT2D eigenvalue weighted by Gasteiger charge is 2.33. The number of nitrogens with zero attached hydrogens (tertiary/aromatic N) is 5. The minimum Gasteiger partial charge on any atom is -0.368 e. The number of carbonyl (C=O) groups excluding carboxylic acids is 1. The number of pyridine rings is 1. The number of aromatic nitrogens is 3. The van der Waals surface area contributed by atoms with Crippen LogP contribution in [0.5, 0.6) is 0 Å². The minimum absolute atomic E-state index is 0.248. The second-order valence-corrected chi connectivity index (χ2v) is 7.84. The normalized spacial score (nSPS) is 18.9. The molecule has 27 heavy (non-hydrogen) atoms. The van der Waals surface area contributed by atoms with Gasteiger partial charge in [-0.15, -0.1) is 0 Å². The Kier molecular flexibility index (Phi) is 4.04. The molecule has 3 aliphatic heterocycles. The molecule has 0 aromatic carbocycles. The zero-order valence-electron chi connectivity index (χ0n) is 15.6. The van der Waals surface area contributed by atoms with Gasteiger partial charge in [0.15, 0.2) is 0 Å². The molecule has 0 atom stereocenters. The van der Waals surface area contributed by atoms with Crippen LogP contribution >= 0.6 is 0 Å². The summed E-state index contributed by atoms with van der Waals surface area (Å²) >= 11 is 0. The van der Waals surface area contributed by atoms with E-state index in [1.54, 1.807) is 6.33 Å². The van der Waals surface area contributed by atoms with E-state index in [1.165, 1.54) is 22.4 Å². The van der Waals surface area contributed by atoms with Crippen LogP contribution < -0.4 is 10.2 Å². The zero-order valence-corrected chi connectivity index (χ0v) is 15.6. The third kappa shape index (κ3) is 2.96. The Morgan fingerprint density at radius 3 is 2.81 bits per heavy atom. The topological polar surface area (TPSA) is 74.2 Å². The number of amides is 1. The third-order valence-corrected chi connectivity index (χ3v) is 6.09. The molecule has 5 rings (SSSR count). The Morgan fingerprint density at radius 1 is 1.19 bits per heavy atom. The maximum Gasteiger partial charge on any atom is 0.223 e. The first-order chi connectivity index (χ1) is 13.2. The summed E-state index contributed by atoms with van der Waals surface area (Å²) in [6.45, 7) is 7.24. The van der Waals surface area contributed by atoms with Crippen molar-refractivity contribution in [2.45, 2.75) is 39.4 Å². The molecule has 1 N–H and O–H groups in total. The summed E-state index contributed by atoms with van der Waals surface area (Å²) in [5, 5.41) is 3.40. The van der Waals surface area contributed by atoms with Crippen LogP contribution in [0.25, 0.3) is 0 Å². The highest BCUT2D eigenvalue weighted by atomic mass is 16.2. The van der Waals surface area contributed by atoms with Crippen molar-refractivity contribution in [1.82, 2.24) is 25.2 Å². The molecule has 1 saturated heterocycles. The largest absolute Gasteiger partial charge is 0.368 e. The van der Waals surface area contributed by atoms with E-state index >= 15 is 0 Å². The van der Waals surface area contributed by atoms with Gasteiger partial charge in [0.2, 0.25) is 5.91 Å². The van der Waals surface area contributed by atoms with Crippen LogP contribution in [0.3, 0.4) is 0 Å². The molecule has 0 radical (unpaired) electrons. The average molecular weight is 364 g/mol. The lowest BCUT2D eigenvalue weighted by molar-refractivity contribution is -0.133. The molecule has 1 amide bonds. The maximum absolute atomic E-state index is 12.8. The quantitative estimate of drug-likeness (QED) is 0.882. The summed E-state index contributed by atoms with van der Waals surface area (Å²) in [4.78, 5) is 30.0. The number of hydrogen-bond donors (Lipinski definition) is 1. The van der Waals surface area contributed by atoms with Gasteiger partial charge in [0.25, 0.3) is 0 Å². The van der Waals surface area contributed by atoms with Gasteiger partial charge < -0.3 is 15.1 Å². The highest BCUT2D eigenvalue weighted by molar-refractivity contribution is 5.77. The lowest BCUT2D eigenvalue weighted by Crippen LogP contribution is -2.48. The first-order valence-corrected chi connectivity index (χ1v) is 9.67. The lowest BCUT2D eigenvalue weighted by atomic mass is 9.95. The Morgan fingerprint density at radius 2 is 2.00 bits per heavy atom. The number of anilines is 1. The van der Waals surface area contributed by atoms with E-state index < -0.39 is 0 Å². The van der Waals surface area contributed by atoms with Crippen molar-refractivity contribution in [1.29, 1.82) is 0 Å². The predicted octanol–water partition coefficient (Wildman–Crippen LogP) is 1.19. The monoisotopic (exact) mass is 364 g/mol. The molecule has 0 unspecified atom stereocenters. The van der Waals surface area contributed by atoms with E-state index in [2.05, 4.69) is 27.1 Å². The summed E-state index contributed by atoms with van der Waals surface area (Å²) in [5.41, 5.74) is 7.33. The average Bonchev–Trinajstić information content (AvgIpc) is 3.09. The molecule has 3 aliphatic rings. The minimum atomic E-state index is 0.248. The number of carbonyl (C=O) groups is 1. The van der Waals surface area contributed by atoms with Crippen molar-refractivity contribution >= 4 is 11.6 Å². The van der Waals surface area contributed by atoms with Gasteiger partial charge in [-0.05, 0) is 36.6 Å². The molecule has 0 bridgehead atoms. The maximum atomic E-state index is 12.8. The molecule has 1 fully saturated rings. The van der Waals surface area contributed by atoms with Gasteiger partial charge >= 0.3 is 0 Å². The van der Waals surface area contributed by atoms with Crippen LogP contribution in [-0.2, 0) is 30.8 Å². The standard InChI is InChI=1S/C20H24N6O/c1-13-16-2-3-21-7-18(16)24-19-11-26(10-17(13)19)20(27)4-14-8-25(9-14)15-5-22-12-23-6-15/h5-6,12,14,21H,2-4,7-11H2,1H3. The number of hydrogen-bond acceptors (Lipinski definition) is 6. The summed E-state index contributed by atoms with van der Waals surface area (Å²) < 4.78 is 0. The summed E-state index contributed by atoms with van der Waals surface area (Å²) in [6.07, 6.45) is 6.84. The molecule has 7 nitrogen and oxygen atoms in total. The number of nitrogens with one attached hydrogen (secondary N) is 1. The SMILES string of the molecule is Cc1c2c(nc3c1CN(C(=O)CC1CN(c4cncnc4)C1)C3)CNCC2. The van der Waals surface area contributed by atoms with E-state index in [0.717, 1.165) is 50.5 Å². The van der Waals surface area contributed by atoms with Crippen LogP contribution in [0.2, 0.25) is 0 Å². The molecule has 5 heterocycles. The second-order valence-electron chi connectivity index (χ2n) is 7.84. The third-order valence-electron chi connectivity index (χ3n) is 6.09. The molecule has 0 spiro atoms. The fourth-order valence-corrected chi connectivity index (χ4v) is 4.50. The van der Waals surface area contributed by atoms with Crippen LogP contribution in [0.4, 0.5) is 5.69 Å². The summed E-state index contributed by atoms with van der Waals surface area (Å²) in [6, 6.07) is 0. The Bertz CT molecular complexity index is 878. The van der Waals surface area contributed by atoms with Crippen molar-refractivity contribution < 1.29 is 4.79 Å². The molecule has 2 aromatic rings. The van der Waals surface area contributed by atoms with Gasteiger partial charge in [-0.3, -0.25) is 9.78 Å². The van der Waals surface area contributed by atoms with Gasteiger partial charge in [-0.25, -0.2) is 9.97 Å². The first-order valence-electron chi connectivity index (χ1n) is 9.67. The summed E-state index contributed by atoms with van der Waals surface area (Å²) in [5.74, 6) is 0.658. The molecule has 140 valence electrons. The lowest BCUT2D eigenvalue weighted by Gasteiger charge is -2.40. The van der Waals surface area contributed by atoms with Crippen LogP contribution in [0.15, 0.2) is 18.7 Å². The van der Waals surface area contributed by atoms with Gasteiger partial charge in [0, 0.05) is 38.5 Å². The highest BCUT2D eigenvalue weighted by Crippen LogP contribution is 2.31. The Labute approximate surface area is 158 Å². The molecule has 2 aromatic heterocycles. The summed E-state index contributed by atoms with van der Waals surface area (Å²) in [7, 11) is 0. The van der Waals surface area contributed by atoms with Gasteiger partial charge in [0.1, 0.15) is 6.33 Å². The smallest absolute Gasteiger partial charge is 0.223 e. The molecule has 0 saturated carbocycles. The number of rotatable bonds is 3. The van der Waals surface area contributed by atoms with Crippen molar-refractivity contribution in [2.24, 2.45) is 5.92 Å². The Balaban J connectivity index is 1.22. The van der Waals surface area contributed by atoms with Crippen molar-refractivity contribution in [3.8, 4) is 0 Å². The fraction of sp³-hybridized carbons (Fsp3) is 0.500. The first kappa shape index (κ1) is 16.6. The van der Waals surface area contributed by atoms with Crippen LogP contribution in [0, 0.1) is 12.8 Å². The molecule has 0 aliphatic carbocycles. The van der Waals surface area contributed by atoms with E-state index in [9.17, 15) is 4.79 Å². The van der Waals surface area contributed by atoms with E-state index in [-0.39, 0.29) is 5.91 Å². The van der Waals surface area contributed by atoms with E-state index in [4.69, 9.17) is 4.98 Å². The van der Waals surface area contributed by atoms with Crippen LogP contribution in [0.1, 0.15) is 34.5 Å². The molecular weight excluding hydrogens is 340 g/mol. The predicted molar refractivity (Wildman–Crippen MR) is 101 cm³/mol. The van der Waals surface area contributed by atoms with Gasteiger partial charge in [-0.2, -0.15) is 0 Å². The van der Waals surface area contributed by atoms with Crippen molar-refractivity contribution in [3.63, 3.8) is 0 Å². The van der Waals surface area contributed by atoms with Crippen molar-refractivity contribution in [3.05, 3.63) is 46.8 Å².